The van der Waals surface area contributed by atoms with Crippen LogP contribution in [0.15, 0.2) is 84.0 Å². The first-order valence-corrected chi connectivity index (χ1v) is 13.4. The first-order chi connectivity index (χ1) is 17.3. The van der Waals surface area contributed by atoms with Crippen LogP contribution < -0.4 is 10.0 Å². The number of nitrogens with one attached hydrogen (secondary N) is 2. The molecule has 1 aromatic heterocycles. The van der Waals surface area contributed by atoms with E-state index in [1.165, 1.54) is 12.1 Å². The number of hydrogen-bond donors (Lipinski definition) is 2. The van der Waals surface area contributed by atoms with Crippen LogP contribution in [0.5, 0.6) is 0 Å². The predicted molar refractivity (Wildman–Crippen MR) is 138 cm³/mol. The van der Waals surface area contributed by atoms with Gasteiger partial charge in [0.25, 0.3) is 0 Å². The predicted octanol–water partition coefficient (Wildman–Crippen LogP) is 3.05. The van der Waals surface area contributed by atoms with E-state index in [0.717, 1.165) is 16.7 Å². The minimum atomic E-state index is -3.53. The van der Waals surface area contributed by atoms with Crippen LogP contribution in [-0.2, 0) is 39.1 Å². The van der Waals surface area contributed by atoms with Crippen molar-refractivity contribution < 1.29 is 18.0 Å². The highest BCUT2D eigenvalue weighted by Gasteiger charge is 2.26. The first-order valence-electron chi connectivity index (χ1n) is 11.9. The molecule has 0 aliphatic heterocycles. The molecule has 2 amide bonds. The maximum Gasteiger partial charge on any atom is 0.242 e. The van der Waals surface area contributed by atoms with E-state index in [-0.39, 0.29) is 23.1 Å². The van der Waals surface area contributed by atoms with Crippen LogP contribution in [0.25, 0.3) is 0 Å². The molecule has 0 bridgehead atoms. The molecular weight excluding hydrogens is 476 g/mol. The van der Waals surface area contributed by atoms with Crippen molar-refractivity contribution in [3.8, 4) is 0 Å². The van der Waals surface area contributed by atoms with Gasteiger partial charge in [0.1, 0.15) is 6.04 Å². The highest BCUT2D eigenvalue weighted by Crippen LogP contribution is 2.15. The van der Waals surface area contributed by atoms with E-state index in [0.29, 0.717) is 26.1 Å². The van der Waals surface area contributed by atoms with Crippen molar-refractivity contribution in [3.05, 3.63) is 95.8 Å². The normalized spacial score (nSPS) is 12.1. The van der Waals surface area contributed by atoms with E-state index >= 15 is 0 Å². The van der Waals surface area contributed by atoms with Gasteiger partial charge in [0.2, 0.25) is 21.8 Å². The largest absolute Gasteiger partial charge is 0.350 e. The number of amides is 2. The Balaban J connectivity index is 1.67. The average molecular weight is 509 g/mol. The Morgan fingerprint density at radius 3 is 2.28 bits per heavy atom. The molecule has 9 heteroatoms. The molecule has 0 radical (unpaired) electrons. The highest BCUT2D eigenvalue weighted by molar-refractivity contribution is 7.89. The third-order valence-corrected chi connectivity index (χ3v) is 7.31. The van der Waals surface area contributed by atoms with Crippen molar-refractivity contribution in [1.29, 1.82) is 0 Å². The van der Waals surface area contributed by atoms with E-state index in [1.54, 1.807) is 49.3 Å². The molecule has 1 atom stereocenters. The number of carbonyl (C=O) groups excluding carboxylic acids is 2. The molecule has 1 heterocycles. The number of nitrogens with zero attached hydrogens (tertiary/aromatic N) is 2. The molecule has 0 saturated heterocycles. The Labute approximate surface area is 212 Å². The Kier molecular flexibility index (Phi) is 9.72. The summed E-state index contributed by atoms with van der Waals surface area (Å²) < 4.78 is 26.7. The smallest absolute Gasteiger partial charge is 0.242 e. The van der Waals surface area contributed by atoms with Gasteiger partial charge in [0, 0.05) is 38.4 Å². The molecule has 36 heavy (non-hydrogen) atoms. The monoisotopic (exact) mass is 508 g/mol. The molecule has 2 aromatic carbocycles. The standard InChI is InChI=1S/C27H32N4O4S/c1-3-30-36(34,35)25-14-11-22(12-15-25)13-16-26(32)31(20-23-8-5-4-6-9-23)21(2)27(33)29-19-24-10-7-17-28-18-24/h4-12,14-15,17-18,21,30H,3,13,16,19-20H2,1-2H3,(H,29,33). The van der Waals surface area contributed by atoms with Crippen molar-refractivity contribution in [1.82, 2.24) is 19.9 Å². The lowest BCUT2D eigenvalue weighted by Gasteiger charge is -2.29. The number of rotatable bonds is 12. The molecule has 0 spiro atoms. The van der Waals surface area contributed by atoms with Crippen LogP contribution in [0.2, 0.25) is 0 Å². The average Bonchev–Trinajstić information content (AvgIpc) is 2.90. The zero-order valence-electron chi connectivity index (χ0n) is 20.6. The fourth-order valence-corrected chi connectivity index (χ4v) is 4.75. The van der Waals surface area contributed by atoms with Crippen molar-refractivity contribution in [3.63, 3.8) is 0 Å². The van der Waals surface area contributed by atoms with Gasteiger partial charge in [0.05, 0.1) is 4.90 Å². The van der Waals surface area contributed by atoms with E-state index in [9.17, 15) is 18.0 Å². The van der Waals surface area contributed by atoms with E-state index in [2.05, 4.69) is 15.0 Å². The Morgan fingerprint density at radius 2 is 1.64 bits per heavy atom. The van der Waals surface area contributed by atoms with Crippen LogP contribution in [0.3, 0.4) is 0 Å². The number of hydrogen-bond acceptors (Lipinski definition) is 5. The van der Waals surface area contributed by atoms with Gasteiger partial charge in [-0.2, -0.15) is 0 Å². The van der Waals surface area contributed by atoms with Crippen LogP contribution in [0.1, 0.15) is 37.0 Å². The third-order valence-electron chi connectivity index (χ3n) is 5.75. The van der Waals surface area contributed by atoms with Gasteiger partial charge in [-0.1, -0.05) is 55.5 Å². The molecule has 0 saturated carbocycles. The quantitative estimate of drug-likeness (QED) is 0.391. The lowest BCUT2D eigenvalue weighted by Crippen LogP contribution is -2.47. The fourth-order valence-electron chi connectivity index (χ4n) is 3.71. The summed E-state index contributed by atoms with van der Waals surface area (Å²) in [5.41, 5.74) is 2.64. The highest BCUT2D eigenvalue weighted by atomic mass is 32.2. The number of pyridine rings is 1. The van der Waals surface area contributed by atoms with Gasteiger partial charge in [-0.15, -0.1) is 0 Å². The van der Waals surface area contributed by atoms with Crippen LogP contribution >= 0.6 is 0 Å². The maximum absolute atomic E-state index is 13.3. The summed E-state index contributed by atoms with van der Waals surface area (Å²) in [6.07, 6.45) is 3.97. The third kappa shape index (κ3) is 7.73. The lowest BCUT2D eigenvalue weighted by atomic mass is 10.1. The second-order valence-corrected chi connectivity index (χ2v) is 10.2. The van der Waals surface area contributed by atoms with Gasteiger partial charge in [0.15, 0.2) is 0 Å². The van der Waals surface area contributed by atoms with Gasteiger partial charge in [-0.05, 0) is 48.2 Å². The number of aryl methyl sites for hydroxylation is 1. The first kappa shape index (κ1) is 27.0. The van der Waals surface area contributed by atoms with Gasteiger partial charge >= 0.3 is 0 Å². The van der Waals surface area contributed by atoms with E-state index in [4.69, 9.17) is 0 Å². The second kappa shape index (κ2) is 12.9. The maximum atomic E-state index is 13.3. The Morgan fingerprint density at radius 1 is 0.944 bits per heavy atom. The topological polar surface area (TPSA) is 108 Å². The molecule has 3 aromatic rings. The number of aromatic nitrogens is 1. The van der Waals surface area contributed by atoms with Crippen molar-refractivity contribution in [2.75, 3.05) is 6.54 Å². The molecule has 0 aliphatic carbocycles. The summed E-state index contributed by atoms with van der Waals surface area (Å²) in [6.45, 7) is 4.38. The Bertz CT molecular complexity index is 1230. The second-order valence-electron chi connectivity index (χ2n) is 8.41. The zero-order chi connectivity index (χ0) is 26.0. The Hall–Kier alpha value is -3.56. The summed E-state index contributed by atoms with van der Waals surface area (Å²) in [4.78, 5) is 32.0. The molecule has 0 fully saturated rings. The molecule has 3 rings (SSSR count). The van der Waals surface area contributed by atoms with Gasteiger partial charge in [-0.3, -0.25) is 14.6 Å². The number of benzene rings is 2. The molecule has 0 aliphatic rings. The number of carbonyl (C=O) groups is 2. The van der Waals surface area contributed by atoms with Gasteiger partial charge < -0.3 is 10.2 Å². The summed E-state index contributed by atoms with van der Waals surface area (Å²) in [7, 11) is -3.53. The molecular formula is C27H32N4O4S. The van der Waals surface area contributed by atoms with E-state index in [1.807, 2.05) is 36.4 Å². The molecule has 8 nitrogen and oxygen atoms in total. The SMILES string of the molecule is CCNS(=O)(=O)c1ccc(CCC(=O)N(Cc2ccccc2)C(C)C(=O)NCc2cccnc2)cc1. The summed E-state index contributed by atoms with van der Waals surface area (Å²) >= 11 is 0. The van der Waals surface area contributed by atoms with Gasteiger partial charge in [-0.25, -0.2) is 13.1 Å². The summed E-state index contributed by atoms with van der Waals surface area (Å²) in [5.74, 6) is -0.409. The van der Waals surface area contributed by atoms with Crippen LogP contribution in [-0.4, -0.2) is 42.7 Å². The molecule has 190 valence electrons. The fraction of sp³-hybridized carbons (Fsp3) is 0.296. The van der Waals surface area contributed by atoms with Crippen molar-refractivity contribution in [2.45, 2.75) is 50.7 Å². The van der Waals surface area contributed by atoms with Crippen molar-refractivity contribution in [2.24, 2.45) is 0 Å². The number of sulfonamides is 1. The lowest BCUT2D eigenvalue weighted by molar-refractivity contribution is -0.140. The van der Waals surface area contributed by atoms with E-state index < -0.39 is 16.1 Å². The molecule has 2 N–H and O–H groups in total. The zero-order valence-corrected chi connectivity index (χ0v) is 21.4. The van der Waals surface area contributed by atoms with Crippen LogP contribution in [0.4, 0.5) is 0 Å². The minimum Gasteiger partial charge on any atom is -0.350 e. The van der Waals surface area contributed by atoms with Crippen molar-refractivity contribution >= 4 is 21.8 Å². The molecule has 1 unspecified atom stereocenters. The van der Waals surface area contributed by atoms with Crippen LogP contribution in [0, 0.1) is 0 Å². The minimum absolute atomic E-state index is 0.160. The summed E-state index contributed by atoms with van der Waals surface area (Å²) in [6, 6.07) is 19.0. The summed E-state index contributed by atoms with van der Waals surface area (Å²) in [5, 5.41) is 2.89.